The highest BCUT2D eigenvalue weighted by atomic mass is 35.5. The van der Waals surface area contributed by atoms with Gasteiger partial charge in [-0.3, -0.25) is 0 Å². The van der Waals surface area contributed by atoms with E-state index < -0.39 is 0 Å². The summed E-state index contributed by atoms with van der Waals surface area (Å²) in [6.07, 6.45) is 7.56. The fourth-order valence-electron chi connectivity index (χ4n) is 1.71. The van der Waals surface area contributed by atoms with E-state index in [1.807, 2.05) is 14.1 Å². The Morgan fingerprint density at radius 2 is 2.12 bits per heavy atom. The van der Waals surface area contributed by atoms with Crippen molar-refractivity contribution in [2.75, 3.05) is 24.3 Å². The molecule has 0 aliphatic heterocycles. The minimum Gasteiger partial charge on any atom is -0.351 e. The molecule has 0 amide bonds. The van der Waals surface area contributed by atoms with Gasteiger partial charge in [0.05, 0.1) is 0 Å². The number of hydrogen-bond donors (Lipinski definition) is 1. The molecule has 2 rings (SSSR count). The first-order valence-electron chi connectivity index (χ1n) is 5.65. The zero-order chi connectivity index (χ0) is 12.3. The number of rotatable bonds is 3. The van der Waals surface area contributed by atoms with E-state index in [-0.39, 0.29) is 5.28 Å². The predicted octanol–water partition coefficient (Wildman–Crippen LogP) is 2.11. The molecule has 1 aromatic heterocycles. The molecule has 17 heavy (non-hydrogen) atoms. The first-order chi connectivity index (χ1) is 8.15. The van der Waals surface area contributed by atoms with Crippen LogP contribution < -0.4 is 10.2 Å². The molecule has 0 radical (unpaired) electrons. The lowest BCUT2D eigenvalue weighted by atomic mass is 10.0. The normalized spacial score (nSPS) is 19.1. The van der Waals surface area contributed by atoms with Gasteiger partial charge in [0.25, 0.3) is 0 Å². The standard InChI is InChI=1S/C11H16ClN5/c1-17(2)11-15-9(12)14-10(16-11)13-8-6-4-3-5-7-8/h3-4,8H,5-7H2,1-2H3,(H,13,14,15,16). The van der Waals surface area contributed by atoms with Gasteiger partial charge in [-0.05, 0) is 30.9 Å². The van der Waals surface area contributed by atoms with E-state index in [4.69, 9.17) is 11.6 Å². The fourth-order valence-corrected chi connectivity index (χ4v) is 1.87. The molecule has 1 unspecified atom stereocenters. The molecule has 1 N–H and O–H groups in total. The van der Waals surface area contributed by atoms with Crippen LogP contribution in [-0.4, -0.2) is 35.1 Å². The van der Waals surface area contributed by atoms with Crippen molar-refractivity contribution in [1.29, 1.82) is 0 Å². The van der Waals surface area contributed by atoms with Crippen molar-refractivity contribution in [3.05, 3.63) is 17.4 Å². The summed E-state index contributed by atoms with van der Waals surface area (Å²) >= 11 is 5.87. The van der Waals surface area contributed by atoms with E-state index in [1.54, 1.807) is 4.90 Å². The van der Waals surface area contributed by atoms with E-state index in [1.165, 1.54) is 0 Å². The highest BCUT2D eigenvalue weighted by Gasteiger charge is 2.13. The molecule has 1 aromatic rings. The molecule has 5 nitrogen and oxygen atoms in total. The fraction of sp³-hybridized carbons (Fsp3) is 0.545. The number of nitrogens with zero attached hydrogens (tertiary/aromatic N) is 4. The lowest BCUT2D eigenvalue weighted by Gasteiger charge is -2.20. The molecular weight excluding hydrogens is 238 g/mol. The number of aromatic nitrogens is 3. The Bertz CT molecular complexity index is 418. The molecule has 0 bridgehead atoms. The van der Waals surface area contributed by atoms with Gasteiger partial charge in [-0.25, -0.2) is 0 Å². The summed E-state index contributed by atoms with van der Waals surface area (Å²) in [5, 5.41) is 3.51. The summed E-state index contributed by atoms with van der Waals surface area (Å²) < 4.78 is 0. The SMILES string of the molecule is CN(C)c1nc(Cl)nc(NC2CC=CCC2)n1. The average Bonchev–Trinajstić information content (AvgIpc) is 2.29. The van der Waals surface area contributed by atoms with Gasteiger partial charge < -0.3 is 10.2 Å². The Hall–Kier alpha value is -1.36. The zero-order valence-corrected chi connectivity index (χ0v) is 10.8. The van der Waals surface area contributed by atoms with Gasteiger partial charge >= 0.3 is 0 Å². The summed E-state index contributed by atoms with van der Waals surface area (Å²) in [5.74, 6) is 1.12. The van der Waals surface area contributed by atoms with Gasteiger partial charge in [-0.1, -0.05) is 12.2 Å². The van der Waals surface area contributed by atoms with Gasteiger partial charge in [0, 0.05) is 20.1 Å². The van der Waals surface area contributed by atoms with Gasteiger partial charge in [-0.2, -0.15) is 15.0 Å². The second kappa shape index (κ2) is 5.31. The molecule has 1 atom stereocenters. The van der Waals surface area contributed by atoms with Crippen molar-refractivity contribution >= 4 is 23.5 Å². The van der Waals surface area contributed by atoms with Crippen LogP contribution in [0, 0.1) is 0 Å². The Morgan fingerprint density at radius 1 is 1.29 bits per heavy atom. The molecule has 0 saturated carbocycles. The predicted molar refractivity (Wildman–Crippen MR) is 69.6 cm³/mol. The number of anilines is 2. The lowest BCUT2D eigenvalue weighted by molar-refractivity contribution is 0.638. The second-order valence-corrected chi connectivity index (χ2v) is 4.59. The molecule has 0 spiro atoms. The van der Waals surface area contributed by atoms with Crippen molar-refractivity contribution in [3.63, 3.8) is 0 Å². The van der Waals surface area contributed by atoms with Crippen LogP contribution in [0.5, 0.6) is 0 Å². The third-order valence-electron chi connectivity index (χ3n) is 2.60. The van der Waals surface area contributed by atoms with E-state index in [9.17, 15) is 0 Å². The topological polar surface area (TPSA) is 53.9 Å². The van der Waals surface area contributed by atoms with Crippen LogP contribution in [0.25, 0.3) is 0 Å². The molecule has 1 aliphatic rings. The molecule has 6 heteroatoms. The monoisotopic (exact) mass is 253 g/mol. The third kappa shape index (κ3) is 3.30. The summed E-state index contributed by atoms with van der Waals surface area (Å²) in [5.41, 5.74) is 0. The van der Waals surface area contributed by atoms with Crippen LogP contribution in [-0.2, 0) is 0 Å². The molecular formula is C11H16ClN5. The van der Waals surface area contributed by atoms with Gasteiger partial charge in [-0.15, -0.1) is 0 Å². The third-order valence-corrected chi connectivity index (χ3v) is 2.77. The Labute approximate surface area is 106 Å². The van der Waals surface area contributed by atoms with Crippen LogP contribution in [0.2, 0.25) is 5.28 Å². The summed E-state index contributed by atoms with van der Waals surface area (Å²) in [6.45, 7) is 0. The number of allylic oxidation sites excluding steroid dienone is 1. The lowest BCUT2D eigenvalue weighted by Crippen LogP contribution is -2.23. The first kappa shape index (κ1) is 12.1. The molecule has 92 valence electrons. The maximum absolute atomic E-state index is 5.87. The van der Waals surface area contributed by atoms with Gasteiger partial charge in [0.2, 0.25) is 17.2 Å². The summed E-state index contributed by atoms with van der Waals surface area (Å²) in [6, 6.07) is 0.383. The minimum absolute atomic E-state index is 0.220. The maximum Gasteiger partial charge on any atom is 0.230 e. The van der Waals surface area contributed by atoms with Crippen LogP contribution in [0.15, 0.2) is 12.2 Å². The van der Waals surface area contributed by atoms with Crippen LogP contribution >= 0.6 is 11.6 Å². The second-order valence-electron chi connectivity index (χ2n) is 4.25. The first-order valence-corrected chi connectivity index (χ1v) is 6.03. The molecule has 1 heterocycles. The molecule has 0 aromatic carbocycles. The Morgan fingerprint density at radius 3 is 2.76 bits per heavy atom. The van der Waals surface area contributed by atoms with E-state index in [0.29, 0.717) is 17.9 Å². The summed E-state index contributed by atoms with van der Waals surface area (Å²) in [4.78, 5) is 14.2. The van der Waals surface area contributed by atoms with E-state index >= 15 is 0 Å². The smallest absolute Gasteiger partial charge is 0.230 e. The largest absolute Gasteiger partial charge is 0.351 e. The number of halogens is 1. The Kier molecular flexibility index (Phi) is 3.78. The van der Waals surface area contributed by atoms with Crippen molar-refractivity contribution in [2.45, 2.75) is 25.3 Å². The van der Waals surface area contributed by atoms with E-state index in [2.05, 4.69) is 32.4 Å². The van der Waals surface area contributed by atoms with Crippen molar-refractivity contribution < 1.29 is 0 Å². The van der Waals surface area contributed by atoms with Gasteiger partial charge in [0.15, 0.2) is 0 Å². The highest BCUT2D eigenvalue weighted by Crippen LogP contribution is 2.17. The van der Waals surface area contributed by atoms with Crippen LogP contribution in [0.3, 0.4) is 0 Å². The van der Waals surface area contributed by atoms with Gasteiger partial charge in [0.1, 0.15) is 0 Å². The quantitative estimate of drug-likeness (QED) is 0.837. The van der Waals surface area contributed by atoms with Crippen molar-refractivity contribution in [1.82, 2.24) is 15.0 Å². The number of nitrogens with one attached hydrogen (secondary N) is 1. The van der Waals surface area contributed by atoms with Crippen molar-refractivity contribution in [3.8, 4) is 0 Å². The average molecular weight is 254 g/mol. The molecule has 0 saturated heterocycles. The number of hydrogen-bond acceptors (Lipinski definition) is 5. The van der Waals surface area contributed by atoms with E-state index in [0.717, 1.165) is 19.3 Å². The highest BCUT2D eigenvalue weighted by molar-refractivity contribution is 6.28. The van der Waals surface area contributed by atoms with Crippen molar-refractivity contribution in [2.24, 2.45) is 0 Å². The summed E-state index contributed by atoms with van der Waals surface area (Å²) in [7, 11) is 3.75. The Balaban J connectivity index is 2.12. The maximum atomic E-state index is 5.87. The van der Waals surface area contributed by atoms with Crippen LogP contribution in [0.1, 0.15) is 19.3 Å². The minimum atomic E-state index is 0.220. The molecule has 0 fully saturated rings. The zero-order valence-electron chi connectivity index (χ0n) is 10.0. The van der Waals surface area contributed by atoms with Crippen LogP contribution in [0.4, 0.5) is 11.9 Å². The molecule has 1 aliphatic carbocycles.